The Morgan fingerprint density at radius 1 is 1.50 bits per heavy atom. The number of carbonyl (C=O) groups excluding carboxylic acids is 1. The standard InChI is InChI=1S/C13H21N3O2/c14-8-11-3-5-16(6-4-11)10-13(17)15-9-12-2-1-7-18-12/h1-2,7,11H,3-6,8-10,14H2,(H,15,17). The van der Waals surface area contributed by atoms with Crippen LogP contribution in [0, 0.1) is 5.92 Å². The number of amides is 1. The molecule has 0 aliphatic carbocycles. The number of nitrogens with zero attached hydrogens (tertiary/aromatic N) is 1. The zero-order valence-electron chi connectivity index (χ0n) is 10.6. The predicted octanol–water partition coefficient (Wildman–Crippen LogP) is 0.567. The molecule has 100 valence electrons. The van der Waals surface area contributed by atoms with Crippen LogP contribution in [-0.2, 0) is 11.3 Å². The fourth-order valence-electron chi connectivity index (χ4n) is 2.24. The molecule has 1 aromatic rings. The minimum atomic E-state index is 0.0533. The van der Waals surface area contributed by atoms with Crippen molar-refractivity contribution in [3.05, 3.63) is 24.2 Å². The van der Waals surface area contributed by atoms with E-state index in [4.69, 9.17) is 10.2 Å². The molecular weight excluding hydrogens is 230 g/mol. The lowest BCUT2D eigenvalue weighted by Crippen LogP contribution is -2.42. The second-order valence-electron chi connectivity index (χ2n) is 4.81. The SMILES string of the molecule is NCC1CCN(CC(=O)NCc2ccco2)CC1. The van der Waals surface area contributed by atoms with Gasteiger partial charge in [0.2, 0.25) is 5.91 Å². The highest BCUT2D eigenvalue weighted by molar-refractivity contribution is 5.77. The lowest BCUT2D eigenvalue weighted by atomic mass is 9.97. The highest BCUT2D eigenvalue weighted by Gasteiger charge is 2.19. The molecule has 0 spiro atoms. The summed E-state index contributed by atoms with van der Waals surface area (Å²) in [6.07, 6.45) is 3.81. The molecule has 5 heteroatoms. The van der Waals surface area contributed by atoms with Crippen molar-refractivity contribution in [3.8, 4) is 0 Å². The zero-order valence-corrected chi connectivity index (χ0v) is 10.6. The molecule has 1 aliphatic rings. The molecule has 2 heterocycles. The summed E-state index contributed by atoms with van der Waals surface area (Å²) in [5.74, 6) is 1.47. The Morgan fingerprint density at radius 3 is 2.89 bits per heavy atom. The minimum absolute atomic E-state index is 0.0533. The molecule has 2 rings (SSSR count). The number of likely N-dealkylation sites (tertiary alicyclic amines) is 1. The van der Waals surface area contributed by atoms with E-state index >= 15 is 0 Å². The van der Waals surface area contributed by atoms with Gasteiger partial charge in [0.15, 0.2) is 0 Å². The third kappa shape index (κ3) is 3.85. The first-order chi connectivity index (χ1) is 8.78. The Bertz CT molecular complexity index is 356. The van der Waals surface area contributed by atoms with Gasteiger partial charge >= 0.3 is 0 Å². The number of piperidine rings is 1. The summed E-state index contributed by atoms with van der Waals surface area (Å²) in [5.41, 5.74) is 5.64. The van der Waals surface area contributed by atoms with E-state index in [1.807, 2.05) is 12.1 Å². The van der Waals surface area contributed by atoms with E-state index in [2.05, 4.69) is 10.2 Å². The van der Waals surface area contributed by atoms with Crippen molar-refractivity contribution in [2.45, 2.75) is 19.4 Å². The maximum Gasteiger partial charge on any atom is 0.234 e. The number of nitrogens with two attached hydrogens (primary N) is 1. The van der Waals surface area contributed by atoms with E-state index in [0.29, 0.717) is 19.0 Å². The molecule has 0 bridgehead atoms. The summed E-state index contributed by atoms with van der Waals surface area (Å²) in [5, 5.41) is 2.86. The van der Waals surface area contributed by atoms with Crippen LogP contribution in [0.4, 0.5) is 0 Å². The van der Waals surface area contributed by atoms with Crippen molar-refractivity contribution in [1.29, 1.82) is 0 Å². The van der Waals surface area contributed by atoms with Gasteiger partial charge in [-0.3, -0.25) is 9.69 Å². The van der Waals surface area contributed by atoms with Gasteiger partial charge in [-0.05, 0) is 50.5 Å². The van der Waals surface area contributed by atoms with Crippen LogP contribution in [0.15, 0.2) is 22.8 Å². The summed E-state index contributed by atoms with van der Waals surface area (Å²) < 4.78 is 5.16. The molecule has 5 nitrogen and oxygen atoms in total. The first-order valence-electron chi connectivity index (χ1n) is 6.49. The third-order valence-corrected chi connectivity index (χ3v) is 3.45. The van der Waals surface area contributed by atoms with Crippen molar-refractivity contribution in [3.63, 3.8) is 0 Å². The Labute approximate surface area is 107 Å². The van der Waals surface area contributed by atoms with Crippen LogP contribution in [0.5, 0.6) is 0 Å². The average Bonchev–Trinajstić information content (AvgIpc) is 2.90. The second-order valence-corrected chi connectivity index (χ2v) is 4.81. The monoisotopic (exact) mass is 251 g/mol. The van der Waals surface area contributed by atoms with Crippen molar-refractivity contribution in [1.82, 2.24) is 10.2 Å². The van der Waals surface area contributed by atoms with Crippen LogP contribution >= 0.6 is 0 Å². The zero-order chi connectivity index (χ0) is 12.8. The molecule has 1 aliphatic heterocycles. The normalized spacial score (nSPS) is 17.8. The molecule has 1 fully saturated rings. The number of hydrogen-bond donors (Lipinski definition) is 2. The summed E-state index contributed by atoms with van der Waals surface area (Å²) in [4.78, 5) is 13.9. The fourth-order valence-corrected chi connectivity index (χ4v) is 2.24. The number of rotatable bonds is 5. The van der Waals surface area contributed by atoms with E-state index in [-0.39, 0.29) is 5.91 Å². The predicted molar refractivity (Wildman–Crippen MR) is 68.8 cm³/mol. The quantitative estimate of drug-likeness (QED) is 0.802. The van der Waals surface area contributed by atoms with Crippen LogP contribution in [0.1, 0.15) is 18.6 Å². The molecule has 0 saturated carbocycles. The van der Waals surface area contributed by atoms with Crippen molar-refractivity contribution >= 4 is 5.91 Å². The summed E-state index contributed by atoms with van der Waals surface area (Å²) >= 11 is 0. The lowest BCUT2D eigenvalue weighted by molar-refractivity contribution is -0.122. The average molecular weight is 251 g/mol. The number of nitrogens with one attached hydrogen (secondary N) is 1. The van der Waals surface area contributed by atoms with Crippen LogP contribution in [0.2, 0.25) is 0 Å². The lowest BCUT2D eigenvalue weighted by Gasteiger charge is -2.30. The molecule has 3 N–H and O–H groups in total. The largest absolute Gasteiger partial charge is 0.467 e. The van der Waals surface area contributed by atoms with Gasteiger partial charge in [-0.2, -0.15) is 0 Å². The molecule has 18 heavy (non-hydrogen) atoms. The Kier molecular flexibility index (Phi) is 4.78. The fraction of sp³-hybridized carbons (Fsp3) is 0.615. The van der Waals surface area contributed by atoms with Gasteiger partial charge in [-0.1, -0.05) is 0 Å². The maximum absolute atomic E-state index is 11.7. The maximum atomic E-state index is 11.7. The molecule has 0 atom stereocenters. The van der Waals surface area contributed by atoms with Crippen LogP contribution in [-0.4, -0.2) is 37.0 Å². The number of hydrogen-bond acceptors (Lipinski definition) is 4. The van der Waals surface area contributed by atoms with Gasteiger partial charge < -0.3 is 15.5 Å². The Hall–Kier alpha value is -1.33. The van der Waals surface area contributed by atoms with E-state index in [1.54, 1.807) is 6.26 Å². The smallest absolute Gasteiger partial charge is 0.234 e. The van der Waals surface area contributed by atoms with Crippen LogP contribution < -0.4 is 11.1 Å². The Balaban J connectivity index is 1.65. The number of furan rings is 1. The highest BCUT2D eigenvalue weighted by Crippen LogP contribution is 2.15. The van der Waals surface area contributed by atoms with Crippen molar-refractivity contribution in [2.75, 3.05) is 26.2 Å². The molecule has 1 aromatic heterocycles. The molecule has 0 radical (unpaired) electrons. The van der Waals surface area contributed by atoms with Gasteiger partial charge in [-0.15, -0.1) is 0 Å². The van der Waals surface area contributed by atoms with Crippen LogP contribution in [0.3, 0.4) is 0 Å². The minimum Gasteiger partial charge on any atom is -0.467 e. The van der Waals surface area contributed by atoms with Crippen molar-refractivity contribution in [2.24, 2.45) is 11.7 Å². The molecular formula is C13H21N3O2. The third-order valence-electron chi connectivity index (χ3n) is 3.45. The van der Waals surface area contributed by atoms with Gasteiger partial charge in [0.25, 0.3) is 0 Å². The van der Waals surface area contributed by atoms with Crippen molar-refractivity contribution < 1.29 is 9.21 Å². The number of carbonyl (C=O) groups is 1. The topological polar surface area (TPSA) is 71.5 Å². The summed E-state index contributed by atoms with van der Waals surface area (Å²) in [7, 11) is 0. The van der Waals surface area contributed by atoms with E-state index in [1.165, 1.54) is 0 Å². The molecule has 1 amide bonds. The first kappa shape index (κ1) is 13.1. The Morgan fingerprint density at radius 2 is 2.28 bits per heavy atom. The van der Waals surface area contributed by atoms with Gasteiger partial charge in [-0.25, -0.2) is 0 Å². The van der Waals surface area contributed by atoms with Gasteiger partial charge in [0, 0.05) is 0 Å². The molecule has 0 aromatic carbocycles. The van der Waals surface area contributed by atoms with E-state index in [9.17, 15) is 4.79 Å². The van der Waals surface area contributed by atoms with E-state index < -0.39 is 0 Å². The van der Waals surface area contributed by atoms with Gasteiger partial charge in [0.1, 0.15) is 5.76 Å². The van der Waals surface area contributed by atoms with Crippen LogP contribution in [0.25, 0.3) is 0 Å². The van der Waals surface area contributed by atoms with E-state index in [0.717, 1.165) is 38.2 Å². The second kappa shape index (κ2) is 6.56. The highest BCUT2D eigenvalue weighted by atomic mass is 16.3. The summed E-state index contributed by atoms with van der Waals surface area (Å²) in [6.45, 7) is 3.63. The summed E-state index contributed by atoms with van der Waals surface area (Å²) in [6, 6.07) is 3.67. The first-order valence-corrected chi connectivity index (χ1v) is 6.49. The van der Waals surface area contributed by atoms with Gasteiger partial charge in [0.05, 0.1) is 19.4 Å². The molecule has 1 saturated heterocycles. The molecule has 0 unspecified atom stereocenters.